The second kappa shape index (κ2) is 7.24. The van der Waals surface area contributed by atoms with Crippen molar-refractivity contribution in [2.75, 3.05) is 6.54 Å². The van der Waals surface area contributed by atoms with Gasteiger partial charge in [0.2, 0.25) is 0 Å². The first-order chi connectivity index (χ1) is 9.69. The number of benzene rings is 1. The molecule has 0 saturated carbocycles. The lowest BCUT2D eigenvalue weighted by atomic mass is 9.91. The summed E-state index contributed by atoms with van der Waals surface area (Å²) in [6, 6.07) is 7.30. The van der Waals surface area contributed by atoms with Gasteiger partial charge in [-0.25, -0.2) is 0 Å². The lowest BCUT2D eigenvalue weighted by Crippen LogP contribution is -2.33. The van der Waals surface area contributed by atoms with Gasteiger partial charge in [-0.1, -0.05) is 39.0 Å². The first-order valence-electron chi connectivity index (χ1n) is 8.20. The van der Waals surface area contributed by atoms with Crippen molar-refractivity contribution < 1.29 is 4.74 Å². The predicted octanol–water partition coefficient (Wildman–Crippen LogP) is 4.03. The summed E-state index contributed by atoms with van der Waals surface area (Å²) in [5, 5.41) is 3.66. The fraction of sp³-hybridized carbons (Fsp3) is 0.667. The largest absolute Gasteiger partial charge is 0.373 e. The third kappa shape index (κ3) is 3.42. The monoisotopic (exact) mass is 275 g/mol. The lowest BCUT2D eigenvalue weighted by Gasteiger charge is -2.27. The Morgan fingerprint density at radius 1 is 1.20 bits per heavy atom. The standard InChI is InChI=1S/C18H29NO/c1-5-14-9-10-15(6-2)16(12-14)18(19-7-3)17-11-8-13(4)20-17/h9-10,12-13,17-19H,5-8,11H2,1-4H3. The summed E-state index contributed by atoms with van der Waals surface area (Å²) in [7, 11) is 0. The molecule has 1 aromatic rings. The number of rotatable bonds is 6. The predicted molar refractivity (Wildman–Crippen MR) is 85.2 cm³/mol. The first kappa shape index (κ1) is 15.5. The van der Waals surface area contributed by atoms with Crippen molar-refractivity contribution in [2.24, 2.45) is 0 Å². The van der Waals surface area contributed by atoms with Crippen LogP contribution < -0.4 is 5.32 Å². The van der Waals surface area contributed by atoms with Crippen LogP contribution in [0.3, 0.4) is 0 Å². The summed E-state index contributed by atoms with van der Waals surface area (Å²) in [6.07, 6.45) is 5.25. The molecule has 1 N–H and O–H groups in total. The Bertz CT molecular complexity index is 429. The highest BCUT2D eigenvalue weighted by atomic mass is 16.5. The van der Waals surface area contributed by atoms with Crippen LogP contribution in [0.15, 0.2) is 18.2 Å². The molecule has 1 aliphatic heterocycles. The Kier molecular flexibility index (Phi) is 5.62. The maximum Gasteiger partial charge on any atom is 0.0774 e. The summed E-state index contributed by atoms with van der Waals surface area (Å²) in [6.45, 7) is 9.82. The topological polar surface area (TPSA) is 21.3 Å². The molecular formula is C18H29NO. The van der Waals surface area contributed by atoms with E-state index >= 15 is 0 Å². The van der Waals surface area contributed by atoms with Crippen LogP contribution in [0, 0.1) is 0 Å². The first-order valence-corrected chi connectivity index (χ1v) is 8.20. The summed E-state index contributed by atoms with van der Waals surface area (Å²) < 4.78 is 6.14. The zero-order valence-electron chi connectivity index (χ0n) is 13.4. The van der Waals surface area contributed by atoms with Gasteiger partial charge in [0.15, 0.2) is 0 Å². The molecule has 1 heterocycles. The van der Waals surface area contributed by atoms with E-state index < -0.39 is 0 Å². The molecule has 0 spiro atoms. The van der Waals surface area contributed by atoms with E-state index in [4.69, 9.17) is 4.74 Å². The van der Waals surface area contributed by atoms with Gasteiger partial charge in [0.25, 0.3) is 0 Å². The van der Waals surface area contributed by atoms with E-state index in [1.165, 1.54) is 29.5 Å². The van der Waals surface area contributed by atoms with Crippen molar-refractivity contribution in [2.45, 2.75) is 71.6 Å². The van der Waals surface area contributed by atoms with Crippen molar-refractivity contribution in [3.63, 3.8) is 0 Å². The van der Waals surface area contributed by atoms with Crippen LogP contribution in [0.2, 0.25) is 0 Å². The number of hydrogen-bond acceptors (Lipinski definition) is 2. The van der Waals surface area contributed by atoms with Crippen LogP contribution in [0.4, 0.5) is 0 Å². The van der Waals surface area contributed by atoms with Crippen LogP contribution >= 0.6 is 0 Å². The Morgan fingerprint density at radius 2 is 2.00 bits per heavy atom. The van der Waals surface area contributed by atoms with E-state index in [-0.39, 0.29) is 0 Å². The van der Waals surface area contributed by atoms with E-state index in [2.05, 4.69) is 51.2 Å². The average Bonchev–Trinajstić information content (AvgIpc) is 2.90. The third-order valence-electron chi connectivity index (χ3n) is 4.40. The minimum atomic E-state index is 0.322. The number of likely N-dealkylation sites (N-methyl/N-ethyl adjacent to an activating group) is 1. The molecule has 0 radical (unpaired) electrons. The SMILES string of the molecule is CCNC(c1cc(CC)ccc1CC)C1CCC(C)O1. The zero-order chi connectivity index (χ0) is 14.5. The molecule has 0 amide bonds. The van der Waals surface area contributed by atoms with Gasteiger partial charge >= 0.3 is 0 Å². The highest BCUT2D eigenvalue weighted by molar-refractivity contribution is 5.35. The molecule has 2 nitrogen and oxygen atoms in total. The zero-order valence-corrected chi connectivity index (χ0v) is 13.4. The highest BCUT2D eigenvalue weighted by Crippen LogP contribution is 2.32. The molecular weight excluding hydrogens is 246 g/mol. The molecule has 1 aliphatic rings. The van der Waals surface area contributed by atoms with E-state index in [0.717, 1.165) is 19.4 Å². The van der Waals surface area contributed by atoms with Crippen LogP contribution in [-0.4, -0.2) is 18.8 Å². The third-order valence-corrected chi connectivity index (χ3v) is 4.40. The van der Waals surface area contributed by atoms with Crippen LogP contribution in [0.5, 0.6) is 0 Å². The quantitative estimate of drug-likeness (QED) is 0.846. The minimum Gasteiger partial charge on any atom is -0.373 e. The van der Waals surface area contributed by atoms with Crippen molar-refractivity contribution in [1.29, 1.82) is 0 Å². The molecule has 0 bridgehead atoms. The van der Waals surface area contributed by atoms with Gasteiger partial charge in [-0.05, 0) is 55.8 Å². The number of nitrogens with one attached hydrogen (secondary N) is 1. The molecule has 3 atom stereocenters. The summed E-state index contributed by atoms with van der Waals surface area (Å²) >= 11 is 0. The Hall–Kier alpha value is -0.860. The molecule has 1 fully saturated rings. The fourth-order valence-corrected chi connectivity index (χ4v) is 3.22. The van der Waals surface area contributed by atoms with Crippen LogP contribution in [0.25, 0.3) is 0 Å². The number of aryl methyl sites for hydroxylation is 2. The van der Waals surface area contributed by atoms with Crippen LogP contribution in [0.1, 0.15) is 63.3 Å². The second-order valence-electron chi connectivity index (χ2n) is 5.84. The fourth-order valence-electron chi connectivity index (χ4n) is 3.22. The summed E-state index contributed by atoms with van der Waals surface area (Å²) in [4.78, 5) is 0. The van der Waals surface area contributed by atoms with E-state index in [0.29, 0.717) is 18.2 Å². The molecule has 0 aliphatic carbocycles. The maximum absolute atomic E-state index is 6.14. The van der Waals surface area contributed by atoms with Crippen molar-refractivity contribution in [3.8, 4) is 0 Å². The second-order valence-corrected chi connectivity index (χ2v) is 5.84. The molecule has 2 heteroatoms. The molecule has 1 saturated heterocycles. The lowest BCUT2D eigenvalue weighted by molar-refractivity contribution is 0.0317. The molecule has 112 valence electrons. The smallest absolute Gasteiger partial charge is 0.0774 e. The summed E-state index contributed by atoms with van der Waals surface area (Å²) in [5.41, 5.74) is 4.33. The van der Waals surface area contributed by atoms with Gasteiger partial charge in [-0.3, -0.25) is 0 Å². The van der Waals surface area contributed by atoms with Gasteiger partial charge < -0.3 is 10.1 Å². The Morgan fingerprint density at radius 3 is 2.55 bits per heavy atom. The number of hydrogen-bond donors (Lipinski definition) is 1. The van der Waals surface area contributed by atoms with Crippen molar-refractivity contribution >= 4 is 0 Å². The molecule has 3 unspecified atom stereocenters. The van der Waals surface area contributed by atoms with E-state index in [1.54, 1.807) is 0 Å². The van der Waals surface area contributed by atoms with Crippen molar-refractivity contribution in [1.82, 2.24) is 5.32 Å². The maximum atomic E-state index is 6.14. The molecule has 2 rings (SSSR count). The van der Waals surface area contributed by atoms with Gasteiger partial charge in [0, 0.05) is 0 Å². The normalized spacial score (nSPS) is 24.0. The van der Waals surface area contributed by atoms with Crippen molar-refractivity contribution in [3.05, 3.63) is 34.9 Å². The minimum absolute atomic E-state index is 0.322. The highest BCUT2D eigenvalue weighted by Gasteiger charge is 2.31. The Balaban J connectivity index is 2.32. The van der Waals surface area contributed by atoms with E-state index in [1.807, 2.05) is 0 Å². The van der Waals surface area contributed by atoms with Gasteiger partial charge in [0.1, 0.15) is 0 Å². The van der Waals surface area contributed by atoms with Gasteiger partial charge in [-0.2, -0.15) is 0 Å². The Labute approximate surface area is 123 Å². The average molecular weight is 275 g/mol. The number of ether oxygens (including phenoxy) is 1. The molecule has 20 heavy (non-hydrogen) atoms. The van der Waals surface area contributed by atoms with Crippen LogP contribution in [-0.2, 0) is 17.6 Å². The summed E-state index contributed by atoms with van der Waals surface area (Å²) in [5.74, 6) is 0. The van der Waals surface area contributed by atoms with Gasteiger partial charge in [-0.15, -0.1) is 0 Å². The van der Waals surface area contributed by atoms with E-state index in [9.17, 15) is 0 Å². The molecule has 1 aromatic carbocycles. The molecule has 0 aromatic heterocycles. The van der Waals surface area contributed by atoms with Gasteiger partial charge in [0.05, 0.1) is 18.2 Å².